The molecule has 236 valence electrons. The van der Waals surface area contributed by atoms with Crippen LogP contribution in [0.1, 0.15) is 68.9 Å². The summed E-state index contributed by atoms with van der Waals surface area (Å²) >= 11 is 0. The van der Waals surface area contributed by atoms with E-state index in [1.54, 1.807) is 25.0 Å². The van der Waals surface area contributed by atoms with E-state index in [-0.39, 0.29) is 17.2 Å². The van der Waals surface area contributed by atoms with Crippen molar-refractivity contribution >= 4 is 17.1 Å². The van der Waals surface area contributed by atoms with Crippen LogP contribution in [0.3, 0.4) is 0 Å². The highest BCUT2D eigenvalue weighted by molar-refractivity contribution is 5.81. The highest BCUT2D eigenvalue weighted by Crippen LogP contribution is 2.15. The number of fused-ring (bicyclic) bond motifs is 1. The van der Waals surface area contributed by atoms with E-state index in [0.29, 0.717) is 37.3 Å². The van der Waals surface area contributed by atoms with Crippen LogP contribution in [0.15, 0.2) is 70.5 Å². The van der Waals surface area contributed by atoms with Gasteiger partial charge >= 0.3 is 5.69 Å². The van der Waals surface area contributed by atoms with E-state index in [1.807, 2.05) is 54.6 Å². The molecule has 44 heavy (non-hydrogen) atoms. The highest BCUT2D eigenvalue weighted by atomic mass is 16.5. The Morgan fingerprint density at radius 1 is 0.864 bits per heavy atom. The molecule has 3 N–H and O–H groups in total. The molecule has 4 aromatic rings. The lowest BCUT2D eigenvalue weighted by Crippen LogP contribution is -2.42. The zero-order valence-corrected chi connectivity index (χ0v) is 26.0. The molecule has 0 saturated carbocycles. The SMILES string of the molecule is Cn1cnc2c1c(=O)n(CCCCCCCCCCCNC(=O)C(N)Cc1ccc(OCc3ccccc3)cc1)c(=O)n2C. The van der Waals surface area contributed by atoms with Gasteiger partial charge in [-0.2, -0.15) is 0 Å². The maximum atomic E-state index is 12.8. The van der Waals surface area contributed by atoms with Crippen LogP contribution < -0.4 is 27.0 Å². The number of nitrogens with one attached hydrogen (secondary N) is 1. The maximum absolute atomic E-state index is 12.8. The van der Waals surface area contributed by atoms with E-state index in [0.717, 1.165) is 74.7 Å². The van der Waals surface area contributed by atoms with E-state index in [1.165, 1.54) is 9.13 Å². The quantitative estimate of drug-likeness (QED) is 0.164. The minimum Gasteiger partial charge on any atom is -0.489 e. The Morgan fingerprint density at radius 2 is 1.50 bits per heavy atom. The summed E-state index contributed by atoms with van der Waals surface area (Å²) in [5.74, 6) is 0.673. The number of hydrogen-bond donors (Lipinski definition) is 2. The molecule has 1 amide bonds. The summed E-state index contributed by atoms with van der Waals surface area (Å²) in [6.45, 7) is 1.59. The van der Waals surface area contributed by atoms with Crippen LogP contribution in [0.2, 0.25) is 0 Å². The predicted molar refractivity (Wildman–Crippen MR) is 174 cm³/mol. The number of aryl methyl sites for hydroxylation is 2. The van der Waals surface area contributed by atoms with Gasteiger partial charge in [0.05, 0.1) is 12.4 Å². The number of unbranched alkanes of at least 4 members (excludes halogenated alkanes) is 8. The molecule has 0 aliphatic carbocycles. The van der Waals surface area contributed by atoms with Crippen molar-refractivity contribution in [1.82, 2.24) is 24.0 Å². The van der Waals surface area contributed by atoms with E-state index in [4.69, 9.17) is 10.5 Å². The third kappa shape index (κ3) is 9.16. The number of hydrogen-bond acceptors (Lipinski definition) is 6. The molecule has 4 rings (SSSR count). The molecular formula is C34H46N6O4. The first-order valence-electron chi connectivity index (χ1n) is 15.7. The van der Waals surface area contributed by atoms with Gasteiger partial charge in [-0.25, -0.2) is 9.78 Å². The molecule has 10 heteroatoms. The smallest absolute Gasteiger partial charge is 0.332 e. The summed E-state index contributed by atoms with van der Waals surface area (Å²) in [5, 5.41) is 2.97. The highest BCUT2D eigenvalue weighted by Gasteiger charge is 2.15. The summed E-state index contributed by atoms with van der Waals surface area (Å²) in [7, 11) is 3.42. The molecule has 0 radical (unpaired) electrons. The molecule has 0 aliphatic rings. The lowest BCUT2D eigenvalue weighted by atomic mass is 10.1. The number of carbonyl (C=O) groups is 1. The molecule has 0 fully saturated rings. The van der Waals surface area contributed by atoms with Gasteiger partial charge < -0.3 is 20.4 Å². The van der Waals surface area contributed by atoms with Gasteiger partial charge in [-0.05, 0) is 42.5 Å². The van der Waals surface area contributed by atoms with Crippen molar-refractivity contribution in [3.05, 3.63) is 92.9 Å². The van der Waals surface area contributed by atoms with Crippen molar-refractivity contribution in [1.29, 1.82) is 0 Å². The Kier molecular flexibility index (Phi) is 12.4. The molecule has 0 spiro atoms. The molecule has 1 atom stereocenters. The monoisotopic (exact) mass is 602 g/mol. The second-order valence-corrected chi connectivity index (χ2v) is 11.5. The first kappa shape index (κ1) is 32.7. The number of nitrogens with two attached hydrogens (primary N) is 1. The third-order valence-electron chi connectivity index (χ3n) is 8.02. The predicted octanol–water partition coefficient (Wildman–Crippen LogP) is 4.21. The fraction of sp³-hybridized carbons (Fsp3) is 0.471. The Bertz CT molecular complexity index is 1590. The van der Waals surface area contributed by atoms with Gasteiger partial charge in [0.1, 0.15) is 12.4 Å². The van der Waals surface area contributed by atoms with Gasteiger partial charge in [0.15, 0.2) is 11.2 Å². The minimum atomic E-state index is -0.578. The fourth-order valence-corrected chi connectivity index (χ4v) is 5.38. The number of benzene rings is 2. The van der Waals surface area contributed by atoms with Crippen LogP contribution in [-0.4, -0.2) is 37.2 Å². The number of aromatic nitrogens is 4. The summed E-state index contributed by atoms with van der Waals surface area (Å²) in [4.78, 5) is 41.9. The van der Waals surface area contributed by atoms with Crippen LogP contribution in [0.5, 0.6) is 5.75 Å². The summed E-state index contributed by atoms with van der Waals surface area (Å²) in [5.41, 5.74) is 8.58. The lowest BCUT2D eigenvalue weighted by molar-refractivity contribution is -0.122. The van der Waals surface area contributed by atoms with Crippen molar-refractivity contribution in [3.8, 4) is 5.75 Å². The Hall–Kier alpha value is -4.18. The largest absolute Gasteiger partial charge is 0.489 e. The molecule has 1 unspecified atom stereocenters. The maximum Gasteiger partial charge on any atom is 0.332 e. The van der Waals surface area contributed by atoms with Crippen LogP contribution in [0.25, 0.3) is 11.2 Å². The normalized spacial score (nSPS) is 12.0. The molecule has 2 aromatic heterocycles. The number of carbonyl (C=O) groups excluding carboxylic acids is 1. The van der Waals surface area contributed by atoms with E-state index >= 15 is 0 Å². The Balaban J connectivity index is 1.01. The lowest BCUT2D eigenvalue weighted by Gasteiger charge is -2.13. The zero-order chi connectivity index (χ0) is 31.3. The zero-order valence-electron chi connectivity index (χ0n) is 26.0. The standard InChI is InChI=1S/C34H46N6O4/c1-38-25-37-31-30(38)33(42)40(34(43)39(31)2)22-14-9-7-5-3-4-6-8-13-21-36-32(41)29(35)23-26-17-19-28(20-18-26)44-24-27-15-11-10-12-16-27/h10-12,15-20,25,29H,3-9,13-14,21-24,35H2,1-2H3,(H,36,41). The van der Waals surface area contributed by atoms with Gasteiger partial charge in [-0.15, -0.1) is 0 Å². The van der Waals surface area contributed by atoms with Gasteiger partial charge in [-0.3, -0.25) is 18.7 Å². The van der Waals surface area contributed by atoms with Crippen LogP contribution in [-0.2, 0) is 38.5 Å². The molecule has 2 aromatic carbocycles. The van der Waals surface area contributed by atoms with Gasteiger partial charge in [-0.1, -0.05) is 87.4 Å². The molecular weight excluding hydrogens is 556 g/mol. The minimum absolute atomic E-state index is 0.116. The molecule has 0 aliphatic heterocycles. The average Bonchev–Trinajstić information content (AvgIpc) is 3.43. The second kappa shape index (κ2) is 16.6. The molecule has 10 nitrogen and oxygen atoms in total. The first-order valence-corrected chi connectivity index (χ1v) is 15.7. The third-order valence-corrected chi connectivity index (χ3v) is 8.02. The topological polar surface area (TPSA) is 126 Å². The van der Waals surface area contributed by atoms with Crippen LogP contribution >= 0.6 is 0 Å². The van der Waals surface area contributed by atoms with Gasteiger partial charge in [0.25, 0.3) is 5.56 Å². The number of imidazole rings is 1. The van der Waals surface area contributed by atoms with E-state index in [2.05, 4.69) is 10.3 Å². The molecule has 0 saturated heterocycles. The van der Waals surface area contributed by atoms with Crippen molar-refractivity contribution in [2.75, 3.05) is 6.54 Å². The van der Waals surface area contributed by atoms with Gasteiger partial charge in [0.2, 0.25) is 5.91 Å². The number of ether oxygens (including phenoxy) is 1. The molecule has 0 bridgehead atoms. The Morgan fingerprint density at radius 3 is 2.18 bits per heavy atom. The van der Waals surface area contributed by atoms with Crippen molar-refractivity contribution in [2.45, 2.75) is 83.4 Å². The van der Waals surface area contributed by atoms with Crippen LogP contribution in [0.4, 0.5) is 0 Å². The average molecular weight is 603 g/mol. The van der Waals surface area contributed by atoms with Crippen LogP contribution in [0, 0.1) is 0 Å². The van der Waals surface area contributed by atoms with Gasteiger partial charge in [0, 0.05) is 27.2 Å². The Labute approximate surface area is 258 Å². The number of rotatable bonds is 18. The number of nitrogens with zero attached hydrogens (tertiary/aromatic N) is 4. The van der Waals surface area contributed by atoms with E-state index < -0.39 is 6.04 Å². The van der Waals surface area contributed by atoms with Crippen molar-refractivity contribution in [2.24, 2.45) is 19.8 Å². The summed E-state index contributed by atoms with van der Waals surface area (Å²) in [6, 6.07) is 17.2. The number of amides is 1. The van der Waals surface area contributed by atoms with Crippen molar-refractivity contribution in [3.63, 3.8) is 0 Å². The van der Waals surface area contributed by atoms with Crippen molar-refractivity contribution < 1.29 is 9.53 Å². The summed E-state index contributed by atoms with van der Waals surface area (Å²) < 4.78 is 10.3. The van der Waals surface area contributed by atoms with E-state index in [9.17, 15) is 14.4 Å². The molecule has 2 heterocycles. The second-order valence-electron chi connectivity index (χ2n) is 11.5. The first-order chi connectivity index (χ1) is 21.3. The fourth-order valence-electron chi connectivity index (χ4n) is 5.38. The summed E-state index contributed by atoms with van der Waals surface area (Å²) in [6.07, 6.45) is 11.5.